The summed E-state index contributed by atoms with van der Waals surface area (Å²) in [6.45, 7) is -1.18. The molecule has 1 N–H and O–H groups in total. The Bertz CT molecular complexity index is 289. The molecule has 0 radical (unpaired) electrons. The minimum Gasteiger partial charge on any atom is -0.370 e. The molecule has 1 heterocycles. The maximum Gasteiger partial charge on any atom is 0.411 e. The van der Waals surface area contributed by atoms with E-state index in [1.54, 1.807) is 13.2 Å². The van der Waals surface area contributed by atoms with Gasteiger partial charge in [-0.25, -0.2) is 4.98 Å². The van der Waals surface area contributed by atoms with Crippen molar-refractivity contribution in [1.29, 1.82) is 0 Å². The minimum atomic E-state index is -4.26. The fourth-order valence-corrected chi connectivity index (χ4v) is 1.82. The number of thiazole rings is 1. The maximum atomic E-state index is 11.8. The van der Waals surface area contributed by atoms with E-state index in [0.29, 0.717) is 6.42 Å². The minimum absolute atomic E-state index is 0.0234. The van der Waals surface area contributed by atoms with Crippen LogP contribution in [-0.4, -0.2) is 37.5 Å². The highest BCUT2D eigenvalue weighted by Crippen LogP contribution is 2.15. The van der Waals surface area contributed by atoms with E-state index in [-0.39, 0.29) is 12.6 Å². The summed E-state index contributed by atoms with van der Waals surface area (Å²) in [5.74, 6) is 0. The Kier molecular flexibility index (Phi) is 5.17. The first-order valence-electron chi connectivity index (χ1n) is 4.71. The summed E-state index contributed by atoms with van der Waals surface area (Å²) in [6, 6.07) is -0.145. The molecule has 0 saturated heterocycles. The normalized spacial score (nSPS) is 14.0. The van der Waals surface area contributed by atoms with Gasteiger partial charge in [0.15, 0.2) is 0 Å². The highest BCUT2D eigenvalue weighted by atomic mass is 32.1. The van der Waals surface area contributed by atoms with E-state index < -0.39 is 12.8 Å². The molecule has 1 aromatic rings. The summed E-state index contributed by atoms with van der Waals surface area (Å²) in [6.07, 6.45) is -2.02. The van der Waals surface area contributed by atoms with Crippen molar-refractivity contribution in [2.45, 2.75) is 18.6 Å². The summed E-state index contributed by atoms with van der Waals surface area (Å²) in [5, 5.41) is 5.62. The van der Waals surface area contributed by atoms with E-state index in [2.05, 4.69) is 15.0 Å². The topological polar surface area (TPSA) is 34.1 Å². The Balaban J connectivity index is 2.27. The molecule has 0 fully saturated rings. The van der Waals surface area contributed by atoms with E-state index in [9.17, 15) is 13.2 Å². The van der Waals surface area contributed by atoms with Gasteiger partial charge in [-0.3, -0.25) is 0 Å². The number of rotatable bonds is 6. The zero-order chi connectivity index (χ0) is 12.0. The van der Waals surface area contributed by atoms with Crippen molar-refractivity contribution in [2.75, 3.05) is 20.3 Å². The van der Waals surface area contributed by atoms with Crippen LogP contribution < -0.4 is 5.32 Å². The molecule has 0 bridgehead atoms. The number of nitrogens with one attached hydrogen (secondary N) is 1. The molecule has 0 aliphatic heterocycles. The zero-order valence-corrected chi connectivity index (χ0v) is 9.57. The van der Waals surface area contributed by atoms with Crippen LogP contribution in [0.1, 0.15) is 5.01 Å². The van der Waals surface area contributed by atoms with Gasteiger partial charge in [0, 0.05) is 24.0 Å². The summed E-state index contributed by atoms with van der Waals surface area (Å²) in [4.78, 5) is 4.06. The molecule has 0 aromatic carbocycles. The molecule has 92 valence electrons. The molecule has 1 aromatic heterocycles. The molecule has 7 heteroatoms. The zero-order valence-electron chi connectivity index (χ0n) is 8.75. The fourth-order valence-electron chi connectivity index (χ4n) is 1.13. The molecule has 3 nitrogen and oxygen atoms in total. The second-order valence-corrected chi connectivity index (χ2v) is 4.22. The van der Waals surface area contributed by atoms with Gasteiger partial charge < -0.3 is 10.1 Å². The van der Waals surface area contributed by atoms with Crippen molar-refractivity contribution in [3.8, 4) is 0 Å². The van der Waals surface area contributed by atoms with Gasteiger partial charge in [-0.2, -0.15) is 13.2 Å². The van der Waals surface area contributed by atoms with Gasteiger partial charge >= 0.3 is 6.18 Å². The Morgan fingerprint density at radius 1 is 1.56 bits per heavy atom. The molecule has 0 spiro atoms. The second-order valence-electron chi connectivity index (χ2n) is 3.25. The van der Waals surface area contributed by atoms with Crippen LogP contribution in [0, 0.1) is 0 Å². The Hall–Kier alpha value is -0.660. The smallest absolute Gasteiger partial charge is 0.370 e. The summed E-state index contributed by atoms with van der Waals surface area (Å²) >= 11 is 1.48. The lowest BCUT2D eigenvalue weighted by Gasteiger charge is -2.15. The van der Waals surface area contributed by atoms with Gasteiger partial charge in [0.05, 0.1) is 11.6 Å². The van der Waals surface area contributed by atoms with Gasteiger partial charge in [0.1, 0.15) is 6.61 Å². The van der Waals surface area contributed by atoms with Gasteiger partial charge in [-0.1, -0.05) is 0 Å². The van der Waals surface area contributed by atoms with Gasteiger partial charge in [0.25, 0.3) is 0 Å². The SMILES string of the molecule is CNC(COCC(F)(F)F)Cc1nccs1. The number of nitrogens with zero attached hydrogens (tertiary/aromatic N) is 1. The summed E-state index contributed by atoms with van der Waals surface area (Å²) < 4.78 is 40.1. The summed E-state index contributed by atoms with van der Waals surface area (Å²) in [7, 11) is 1.69. The quantitative estimate of drug-likeness (QED) is 0.841. The molecule has 0 aliphatic carbocycles. The third-order valence-electron chi connectivity index (χ3n) is 1.90. The van der Waals surface area contributed by atoms with Crippen LogP contribution in [0.5, 0.6) is 0 Å². The standard InChI is InChI=1S/C9H13F3N2OS/c1-13-7(4-8-14-2-3-16-8)5-15-6-9(10,11)12/h2-3,7,13H,4-6H2,1H3. The van der Waals surface area contributed by atoms with E-state index in [1.807, 2.05) is 5.38 Å². The Labute approximate surface area is 95.6 Å². The molecule has 16 heavy (non-hydrogen) atoms. The van der Waals surface area contributed by atoms with Crippen molar-refractivity contribution in [2.24, 2.45) is 0 Å². The Morgan fingerprint density at radius 2 is 2.31 bits per heavy atom. The number of likely N-dealkylation sites (N-methyl/N-ethyl adjacent to an activating group) is 1. The number of hydrogen-bond donors (Lipinski definition) is 1. The largest absolute Gasteiger partial charge is 0.411 e. The summed E-state index contributed by atoms with van der Waals surface area (Å²) in [5.41, 5.74) is 0. The lowest BCUT2D eigenvalue weighted by Crippen LogP contribution is -2.34. The van der Waals surface area contributed by atoms with Crippen molar-refractivity contribution in [1.82, 2.24) is 10.3 Å². The molecule has 0 aliphatic rings. The molecule has 0 saturated carbocycles. The van der Waals surface area contributed by atoms with Crippen LogP contribution in [0.25, 0.3) is 0 Å². The number of hydrogen-bond acceptors (Lipinski definition) is 4. The first-order chi connectivity index (χ1) is 7.51. The van der Waals surface area contributed by atoms with Crippen molar-refractivity contribution >= 4 is 11.3 Å². The van der Waals surface area contributed by atoms with Gasteiger partial charge in [-0.15, -0.1) is 11.3 Å². The van der Waals surface area contributed by atoms with Crippen molar-refractivity contribution in [3.63, 3.8) is 0 Å². The van der Waals surface area contributed by atoms with E-state index in [4.69, 9.17) is 0 Å². The average molecular weight is 254 g/mol. The molecular formula is C9H13F3N2OS. The number of ether oxygens (including phenoxy) is 1. The van der Waals surface area contributed by atoms with E-state index in [1.165, 1.54) is 11.3 Å². The van der Waals surface area contributed by atoms with Gasteiger partial charge in [0.2, 0.25) is 0 Å². The number of alkyl halides is 3. The van der Waals surface area contributed by atoms with Gasteiger partial charge in [-0.05, 0) is 7.05 Å². The van der Waals surface area contributed by atoms with E-state index in [0.717, 1.165) is 5.01 Å². The fraction of sp³-hybridized carbons (Fsp3) is 0.667. The average Bonchev–Trinajstić information content (AvgIpc) is 2.67. The van der Waals surface area contributed by atoms with Crippen LogP contribution in [0.2, 0.25) is 0 Å². The van der Waals surface area contributed by atoms with Crippen molar-refractivity contribution < 1.29 is 17.9 Å². The first-order valence-corrected chi connectivity index (χ1v) is 5.59. The predicted molar refractivity (Wildman–Crippen MR) is 55.5 cm³/mol. The van der Waals surface area contributed by atoms with Crippen LogP contribution in [-0.2, 0) is 11.2 Å². The third kappa shape index (κ3) is 5.43. The lowest BCUT2D eigenvalue weighted by atomic mass is 10.2. The molecular weight excluding hydrogens is 241 g/mol. The van der Waals surface area contributed by atoms with Crippen LogP contribution in [0.3, 0.4) is 0 Å². The van der Waals surface area contributed by atoms with Crippen LogP contribution in [0.4, 0.5) is 13.2 Å². The molecule has 1 rings (SSSR count). The highest BCUT2D eigenvalue weighted by molar-refractivity contribution is 7.09. The lowest BCUT2D eigenvalue weighted by molar-refractivity contribution is -0.175. The highest BCUT2D eigenvalue weighted by Gasteiger charge is 2.27. The first kappa shape index (κ1) is 13.4. The van der Waals surface area contributed by atoms with E-state index >= 15 is 0 Å². The molecule has 0 amide bonds. The number of halogens is 3. The molecule has 1 unspecified atom stereocenters. The maximum absolute atomic E-state index is 11.8. The Morgan fingerprint density at radius 3 is 2.81 bits per heavy atom. The van der Waals surface area contributed by atoms with Crippen LogP contribution >= 0.6 is 11.3 Å². The monoisotopic (exact) mass is 254 g/mol. The second kappa shape index (κ2) is 6.17. The predicted octanol–water partition coefficient (Wildman–Crippen LogP) is 1.85. The molecule has 1 atom stereocenters. The van der Waals surface area contributed by atoms with Crippen molar-refractivity contribution in [3.05, 3.63) is 16.6 Å². The third-order valence-corrected chi connectivity index (χ3v) is 2.70. The van der Waals surface area contributed by atoms with Crippen LogP contribution in [0.15, 0.2) is 11.6 Å². The number of aromatic nitrogens is 1.